The molecule has 144 valence electrons. The van der Waals surface area contributed by atoms with Gasteiger partial charge in [-0.3, -0.25) is 4.79 Å². The van der Waals surface area contributed by atoms with Crippen LogP contribution in [-0.4, -0.2) is 31.3 Å². The van der Waals surface area contributed by atoms with Crippen LogP contribution < -0.4 is 20.0 Å². The number of aryl methyl sites for hydroxylation is 2. The number of amides is 1. The minimum absolute atomic E-state index is 0.125. The molecule has 0 radical (unpaired) electrons. The molecular formula is C19H21N2O6-. The van der Waals surface area contributed by atoms with E-state index in [0.717, 1.165) is 0 Å². The number of para-hydroxylation sites is 2. The molecule has 2 rings (SSSR count). The molecule has 8 heteroatoms. The van der Waals surface area contributed by atoms with E-state index < -0.39 is 11.9 Å². The zero-order valence-electron chi connectivity index (χ0n) is 15.4. The van der Waals surface area contributed by atoms with Gasteiger partial charge in [-0.15, -0.1) is 0 Å². The number of ether oxygens (including phenoxy) is 2. The second kappa shape index (κ2) is 9.42. The van der Waals surface area contributed by atoms with Crippen molar-refractivity contribution in [2.24, 2.45) is 5.10 Å². The maximum Gasteiger partial charge on any atom is 0.277 e. The Kier molecular flexibility index (Phi) is 6.99. The van der Waals surface area contributed by atoms with E-state index in [0.29, 0.717) is 34.3 Å². The molecule has 0 saturated carbocycles. The standard InChI is InChI=1S/C19H22N2O6/c1-12(15-10-14(27-13(15)2)8-9-19(23)24)20-21-18(22)11-26-17-7-5-4-6-16(17)25-3/h4-7,10H,8-9,11H2,1-3H3,(H,21,22)(H,23,24)/p-1/b20-12-. The highest BCUT2D eigenvalue weighted by atomic mass is 16.5. The van der Waals surface area contributed by atoms with Gasteiger partial charge in [0.1, 0.15) is 11.5 Å². The molecule has 0 atom stereocenters. The number of hydrogen-bond acceptors (Lipinski definition) is 7. The zero-order valence-corrected chi connectivity index (χ0v) is 15.4. The fourth-order valence-corrected chi connectivity index (χ4v) is 2.37. The van der Waals surface area contributed by atoms with Crippen molar-refractivity contribution in [3.05, 3.63) is 47.4 Å². The third-order valence-corrected chi connectivity index (χ3v) is 3.71. The lowest BCUT2D eigenvalue weighted by Gasteiger charge is -2.09. The molecular weight excluding hydrogens is 352 g/mol. The number of hydrazone groups is 1. The second-order valence-corrected chi connectivity index (χ2v) is 5.73. The van der Waals surface area contributed by atoms with E-state index in [1.54, 1.807) is 44.2 Å². The van der Waals surface area contributed by atoms with E-state index in [-0.39, 0.29) is 19.4 Å². The van der Waals surface area contributed by atoms with Crippen LogP contribution in [0.3, 0.4) is 0 Å². The summed E-state index contributed by atoms with van der Waals surface area (Å²) in [7, 11) is 1.52. The summed E-state index contributed by atoms with van der Waals surface area (Å²) in [4.78, 5) is 22.5. The number of hydrogen-bond donors (Lipinski definition) is 1. The van der Waals surface area contributed by atoms with Gasteiger partial charge in [-0.2, -0.15) is 5.10 Å². The molecule has 1 aromatic carbocycles. The first-order chi connectivity index (χ1) is 12.9. The summed E-state index contributed by atoms with van der Waals surface area (Å²) in [6, 6.07) is 8.71. The van der Waals surface area contributed by atoms with Crippen molar-refractivity contribution in [2.75, 3.05) is 13.7 Å². The second-order valence-electron chi connectivity index (χ2n) is 5.73. The van der Waals surface area contributed by atoms with Gasteiger partial charge in [-0.1, -0.05) is 12.1 Å². The Labute approximate surface area is 156 Å². The van der Waals surface area contributed by atoms with Crippen LogP contribution in [0.2, 0.25) is 0 Å². The van der Waals surface area contributed by atoms with Crippen molar-refractivity contribution in [2.45, 2.75) is 26.7 Å². The van der Waals surface area contributed by atoms with Gasteiger partial charge < -0.3 is 23.8 Å². The van der Waals surface area contributed by atoms with Gasteiger partial charge in [0.2, 0.25) is 0 Å². The summed E-state index contributed by atoms with van der Waals surface area (Å²) in [6.45, 7) is 3.23. The van der Waals surface area contributed by atoms with Gasteiger partial charge in [-0.05, 0) is 38.5 Å². The lowest BCUT2D eigenvalue weighted by molar-refractivity contribution is -0.305. The van der Waals surface area contributed by atoms with Gasteiger partial charge in [-0.25, -0.2) is 5.43 Å². The van der Waals surface area contributed by atoms with Crippen LogP contribution in [-0.2, 0) is 16.0 Å². The number of carbonyl (C=O) groups excluding carboxylic acids is 2. The highest BCUT2D eigenvalue weighted by Gasteiger charge is 2.11. The number of furan rings is 1. The molecule has 0 saturated heterocycles. The summed E-state index contributed by atoms with van der Waals surface area (Å²) < 4.78 is 16.1. The van der Waals surface area contributed by atoms with Gasteiger partial charge in [0.25, 0.3) is 5.91 Å². The van der Waals surface area contributed by atoms with Crippen molar-refractivity contribution < 1.29 is 28.6 Å². The predicted molar refractivity (Wildman–Crippen MR) is 95.6 cm³/mol. The molecule has 0 fully saturated rings. The van der Waals surface area contributed by atoms with Crippen molar-refractivity contribution >= 4 is 17.6 Å². The molecule has 27 heavy (non-hydrogen) atoms. The average molecular weight is 373 g/mol. The Morgan fingerprint density at radius 3 is 2.63 bits per heavy atom. The summed E-state index contributed by atoms with van der Waals surface area (Å²) in [5, 5.41) is 14.6. The van der Waals surface area contributed by atoms with Gasteiger partial charge in [0.15, 0.2) is 18.1 Å². The highest BCUT2D eigenvalue weighted by molar-refractivity contribution is 6.00. The third kappa shape index (κ3) is 5.88. The van der Waals surface area contributed by atoms with Gasteiger partial charge in [0.05, 0.1) is 12.8 Å². The Bertz CT molecular complexity index is 840. The van der Waals surface area contributed by atoms with Crippen molar-refractivity contribution in [1.29, 1.82) is 0 Å². The molecule has 0 aliphatic rings. The number of carboxylic acid groups (broad SMARTS) is 1. The summed E-state index contributed by atoms with van der Waals surface area (Å²) >= 11 is 0. The van der Waals surface area contributed by atoms with Crippen molar-refractivity contribution in [3.8, 4) is 11.5 Å². The molecule has 0 aliphatic heterocycles. The van der Waals surface area contributed by atoms with E-state index in [1.807, 2.05) is 0 Å². The number of aliphatic carboxylic acids is 1. The fraction of sp³-hybridized carbons (Fsp3) is 0.316. The zero-order chi connectivity index (χ0) is 19.8. The molecule has 0 aliphatic carbocycles. The predicted octanol–water partition coefficient (Wildman–Crippen LogP) is 1.20. The molecule has 0 spiro atoms. The van der Waals surface area contributed by atoms with Crippen LogP contribution in [0, 0.1) is 6.92 Å². The Morgan fingerprint density at radius 2 is 1.96 bits per heavy atom. The summed E-state index contributed by atoms with van der Waals surface area (Å²) in [5.74, 6) is 0.523. The summed E-state index contributed by atoms with van der Waals surface area (Å²) in [5.41, 5.74) is 3.63. The minimum Gasteiger partial charge on any atom is -0.550 e. The van der Waals surface area contributed by atoms with Gasteiger partial charge in [0, 0.05) is 18.0 Å². The fourth-order valence-electron chi connectivity index (χ4n) is 2.37. The Morgan fingerprint density at radius 1 is 1.26 bits per heavy atom. The SMILES string of the molecule is COc1ccccc1OCC(=O)N/N=C(/C)c1cc(CCC(=O)[O-])oc1C. The molecule has 1 N–H and O–H groups in total. The quantitative estimate of drug-likeness (QED) is 0.522. The maximum atomic E-state index is 11.9. The number of methoxy groups -OCH3 is 1. The van der Waals surface area contributed by atoms with Crippen LogP contribution in [0.15, 0.2) is 39.9 Å². The van der Waals surface area contributed by atoms with Crippen molar-refractivity contribution in [3.63, 3.8) is 0 Å². The Hall–Kier alpha value is -3.29. The third-order valence-electron chi connectivity index (χ3n) is 3.71. The van der Waals surface area contributed by atoms with Crippen LogP contribution >= 0.6 is 0 Å². The van der Waals surface area contributed by atoms with Gasteiger partial charge >= 0.3 is 0 Å². The lowest BCUT2D eigenvalue weighted by Crippen LogP contribution is -2.25. The number of benzene rings is 1. The number of carbonyl (C=O) groups is 2. The first-order valence-corrected chi connectivity index (χ1v) is 8.29. The van der Waals surface area contributed by atoms with E-state index in [4.69, 9.17) is 13.9 Å². The first-order valence-electron chi connectivity index (χ1n) is 8.29. The van der Waals surface area contributed by atoms with Crippen LogP contribution in [0.1, 0.15) is 30.4 Å². The maximum absolute atomic E-state index is 11.9. The molecule has 1 aromatic heterocycles. The molecule has 0 unspecified atom stereocenters. The number of carboxylic acids is 1. The lowest BCUT2D eigenvalue weighted by atomic mass is 10.1. The van der Waals surface area contributed by atoms with E-state index in [1.165, 1.54) is 7.11 Å². The Balaban J connectivity index is 1.92. The van der Waals surface area contributed by atoms with Crippen LogP contribution in [0.4, 0.5) is 0 Å². The monoisotopic (exact) mass is 373 g/mol. The van der Waals surface area contributed by atoms with Crippen LogP contribution in [0.5, 0.6) is 11.5 Å². The number of rotatable bonds is 9. The van der Waals surface area contributed by atoms with Crippen molar-refractivity contribution in [1.82, 2.24) is 5.43 Å². The highest BCUT2D eigenvalue weighted by Crippen LogP contribution is 2.25. The molecule has 1 amide bonds. The molecule has 0 bridgehead atoms. The number of nitrogens with one attached hydrogen (secondary N) is 1. The topological polar surface area (TPSA) is 113 Å². The van der Waals surface area contributed by atoms with Crippen LogP contribution in [0.25, 0.3) is 0 Å². The largest absolute Gasteiger partial charge is 0.550 e. The summed E-state index contributed by atoms with van der Waals surface area (Å²) in [6.07, 6.45) is 0.106. The van der Waals surface area contributed by atoms with E-state index in [2.05, 4.69) is 10.5 Å². The average Bonchev–Trinajstić information content (AvgIpc) is 3.03. The van der Waals surface area contributed by atoms with E-state index in [9.17, 15) is 14.7 Å². The molecule has 8 nitrogen and oxygen atoms in total. The van der Waals surface area contributed by atoms with E-state index >= 15 is 0 Å². The molecule has 1 heterocycles. The molecule has 2 aromatic rings. The normalized spacial score (nSPS) is 11.1. The smallest absolute Gasteiger partial charge is 0.277 e. The first kappa shape index (κ1) is 20.0. The number of nitrogens with zero attached hydrogens (tertiary/aromatic N) is 1. The minimum atomic E-state index is -1.14.